The zero-order valence-corrected chi connectivity index (χ0v) is 7.06. The fourth-order valence-electron chi connectivity index (χ4n) is 2.09. The quantitative estimate of drug-likeness (QED) is 0.640. The van der Waals surface area contributed by atoms with E-state index in [0.29, 0.717) is 12.0 Å². The van der Waals surface area contributed by atoms with Crippen LogP contribution in [0, 0.1) is 11.3 Å². The van der Waals surface area contributed by atoms with E-state index >= 15 is 0 Å². The molecular weight excluding hydrogens is 124 g/mol. The molecule has 1 rings (SSSR count). The van der Waals surface area contributed by atoms with Crippen molar-refractivity contribution in [2.24, 2.45) is 11.3 Å². The lowest BCUT2D eigenvalue weighted by atomic mass is 9.63. The predicted molar refractivity (Wildman–Crippen MR) is 42.8 cm³/mol. The largest absolute Gasteiger partial charge is 0.396 e. The summed E-state index contributed by atoms with van der Waals surface area (Å²) in [6.07, 6.45) is 4.97. The Morgan fingerprint density at radius 3 is 2.40 bits per heavy atom. The molecule has 0 atom stereocenters. The zero-order chi connectivity index (χ0) is 7.61. The fourth-order valence-corrected chi connectivity index (χ4v) is 2.09. The summed E-state index contributed by atoms with van der Waals surface area (Å²) in [5, 5.41) is 8.56. The van der Waals surface area contributed by atoms with Gasteiger partial charge in [-0.25, -0.2) is 0 Å². The molecule has 0 amide bonds. The van der Waals surface area contributed by atoms with Crippen molar-refractivity contribution < 1.29 is 5.11 Å². The Balaban J connectivity index is 2.03. The molecule has 0 aromatic heterocycles. The zero-order valence-electron chi connectivity index (χ0n) is 7.06. The van der Waals surface area contributed by atoms with E-state index in [1.54, 1.807) is 0 Å². The van der Waals surface area contributed by atoms with Crippen LogP contribution in [0.5, 0.6) is 0 Å². The summed E-state index contributed by atoms with van der Waals surface area (Å²) in [7, 11) is 0. The molecule has 1 saturated carbocycles. The highest BCUT2D eigenvalue weighted by molar-refractivity contribution is 4.86. The minimum Gasteiger partial charge on any atom is -0.396 e. The van der Waals surface area contributed by atoms with Crippen molar-refractivity contribution in [2.75, 3.05) is 6.61 Å². The van der Waals surface area contributed by atoms with Gasteiger partial charge in [0.1, 0.15) is 0 Å². The van der Waals surface area contributed by atoms with Gasteiger partial charge in [0.15, 0.2) is 0 Å². The molecule has 1 fully saturated rings. The van der Waals surface area contributed by atoms with Crippen molar-refractivity contribution in [1.82, 2.24) is 0 Å². The molecule has 0 aromatic carbocycles. The van der Waals surface area contributed by atoms with Gasteiger partial charge < -0.3 is 5.11 Å². The van der Waals surface area contributed by atoms with Gasteiger partial charge in [0, 0.05) is 6.61 Å². The van der Waals surface area contributed by atoms with Crippen molar-refractivity contribution in [3.63, 3.8) is 0 Å². The highest BCUT2D eigenvalue weighted by atomic mass is 16.2. The average molecular weight is 142 g/mol. The van der Waals surface area contributed by atoms with E-state index in [1.807, 2.05) is 0 Å². The van der Waals surface area contributed by atoms with Crippen molar-refractivity contribution in [1.29, 1.82) is 0 Å². The van der Waals surface area contributed by atoms with Gasteiger partial charge in [0.05, 0.1) is 0 Å². The third-order valence-electron chi connectivity index (χ3n) is 2.45. The molecular formula is C9H18O. The van der Waals surface area contributed by atoms with Crippen LogP contribution in [0.4, 0.5) is 0 Å². The summed E-state index contributed by atoms with van der Waals surface area (Å²) in [6.45, 7) is 5.02. The monoisotopic (exact) mass is 142 g/mol. The normalized spacial score (nSPS) is 24.3. The predicted octanol–water partition coefficient (Wildman–Crippen LogP) is 2.20. The molecule has 1 aliphatic carbocycles. The van der Waals surface area contributed by atoms with Gasteiger partial charge in [-0.2, -0.15) is 0 Å². The third kappa shape index (κ3) is 1.98. The Bertz CT molecular complexity index is 99.3. The summed E-state index contributed by atoms with van der Waals surface area (Å²) >= 11 is 0. The van der Waals surface area contributed by atoms with E-state index in [-0.39, 0.29) is 0 Å². The van der Waals surface area contributed by atoms with Gasteiger partial charge in [-0.05, 0) is 37.0 Å². The highest BCUT2D eigenvalue weighted by Gasteiger charge is 2.34. The van der Waals surface area contributed by atoms with Crippen molar-refractivity contribution >= 4 is 0 Å². The first-order valence-electron chi connectivity index (χ1n) is 4.25. The fraction of sp³-hybridized carbons (Fsp3) is 1.00. The van der Waals surface area contributed by atoms with Gasteiger partial charge in [-0.1, -0.05) is 13.8 Å². The molecule has 0 aliphatic heterocycles. The van der Waals surface area contributed by atoms with Crippen LogP contribution >= 0.6 is 0 Å². The van der Waals surface area contributed by atoms with E-state index in [0.717, 1.165) is 12.3 Å². The van der Waals surface area contributed by atoms with Crippen LogP contribution in [0.1, 0.15) is 39.5 Å². The molecule has 0 aromatic rings. The Morgan fingerprint density at radius 2 is 2.00 bits per heavy atom. The van der Waals surface area contributed by atoms with Crippen molar-refractivity contribution in [3.05, 3.63) is 0 Å². The molecule has 1 N–H and O–H groups in total. The smallest absolute Gasteiger partial charge is 0.0431 e. The maximum absolute atomic E-state index is 8.56. The van der Waals surface area contributed by atoms with Crippen LogP contribution in [-0.2, 0) is 0 Å². The van der Waals surface area contributed by atoms with Gasteiger partial charge in [0.25, 0.3) is 0 Å². The van der Waals surface area contributed by atoms with Crippen LogP contribution in [0.2, 0.25) is 0 Å². The molecule has 1 heteroatoms. The Kier molecular flexibility index (Phi) is 2.35. The first-order valence-corrected chi connectivity index (χ1v) is 4.25. The molecule has 0 spiro atoms. The van der Waals surface area contributed by atoms with Gasteiger partial charge in [0.2, 0.25) is 0 Å². The summed E-state index contributed by atoms with van der Waals surface area (Å²) in [4.78, 5) is 0. The van der Waals surface area contributed by atoms with Gasteiger partial charge in [-0.3, -0.25) is 0 Å². The van der Waals surface area contributed by atoms with Crippen molar-refractivity contribution in [2.45, 2.75) is 39.5 Å². The van der Waals surface area contributed by atoms with Crippen LogP contribution in [0.15, 0.2) is 0 Å². The maximum Gasteiger partial charge on any atom is 0.0431 e. The molecule has 0 bridgehead atoms. The Labute approximate surface area is 63.4 Å². The average Bonchev–Trinajstić information content (AvgIpc) is 1.78. The van der Waals surface area contributed by atoms with E-state index in [2.05, 4.69) is 13.8 Å². The standard InChI is InChI=1S/C9H18O/c1-9(2)6-8(7-9)4-3-5-10/h8,10H,3-7H2,1-2H3. The molecule has 0 saturated heterocycles. The minimum atomic E-state index is 0.372. The number of rotatable bonds is 3. The van der Waals surface area contributed by atoms with Crippen LogP contribution in [0.3, 0.4) is 0 Å². The van der Waals surface area contributed by atoms with Crippen LogP contribution in [0.25, 0.3) is 0 Å². The first kappa shape index (κ1) is 8.06. The molecule has 0 radical (unpaired) electrons. The summed E-state index contributed by atoms with van der Waals surface area (Å²) in [5.74, 6) is 0.919. The van der Waals surface area contributed by atoms with E-state index in [4.69, 9.17) is 5.11 Å². The van der Waals surface area contributed by atoms with Crippen LogP contribution in [-0.4, -0.2) is 11.7 Å². The Hall–Kier alpha value is -0.0400. The molecule has 1 nitrogen and oxygen atoms in total. The second kappa shape index (κ2) is 2.91. The number of hydrogen-bond acceptors (Lipinski definition) is 1. The lowest BCUT2D eigenvalue weighted by molar-refractivity contribution is 0.0833. The lowest BCUT2D eigenvalue weighted by Crippen LogP contribution is -2.31. The molecule has 0 unspecified atom stereocenters. The minimum absolute atomic E-state index is 0.372. The Morgan fingerprint density at radius 1 is 1.40 bits per heavy atom. The van der Waals surface area contributed by atoms with Gasteiger partial charge in [-0.15, -0.1) is 0 Å². The number of aliphatic hydroxyl groups excluding tert-OH is 1. The van der Waals surface area contributed by atoms with Crippen LogP contribution < -0.4 is 0 Å². The maximum atomic E-state index is 8.56. The molecule has 0 heterocycles. The van der Waals surface area contributed by atoms with Gasteiger partial charge >= 0.3 is 0 Å². The molecule has 1 aliphatic rings. The summed E-state index contributed by atoms with van der Waals surface area (Å²) < 4.78 is 0. The number of hydrogen-bond donors (Lipinski definition) is 1. The van der Waals surface area contributed by atoms with E-state index < -0.39 is 0 Å². The highest BCUT2D eigenvalue weighted by Crippen LogP contribution is 2.46. The molecule has 60 valence electrons. The topological polar surface area (TPSA) is 20.2 Å². The van der Waals surface area contributed by atoms with E-state index in [1.165, 1.54) is 19.3 Å². The number of aliphatic hydroxyl groups is 1. The third-order valence-corrected chi connectivity index (χ3v) is 2.45. The van der Waals surface area contributed by atoms with Crippen molar-refractivity contribution in [3.8, 4) is 0 Å². The summed E-state index contributed by atoms with van der Waals surface area (Å²) in [5.41, 5.74) is 0.611. The summed E-state index contributed by atoms with van der Waals surface area (Å²) in [6, 6.07) is 0. The van der Waals surface area contributed by atoms with E-state index in [9.17, 15) is 0 Å². The second-order valence-electron chi connectivity index (χ2n) is 4.30. The first-order chi connectivity index (χ1) is 4.64. The molecule has 10 heavy (non-hydrogen) atoms. The SMILES string of the molecule is CC1(C)CC(CCCO)C1. The second-order valence-corrected chi connectivity index (χ2v) is 4.30. The lowest BCUT2D eigenvalue weighted by Gasteiger charge is -2.42.